The summed E-state index contributed by atoms with van der Waals surface area (Å²) in [4.78, 5) is 15.1. The highest BCUT2D eigenvalue weighted by Gasteiger charge is 2.23. The van der Waals surface area contributed by atoms with Crippen molar-refractivity contribution < 1.29 is 18.3 Å². The zero-order valence-electron chi connectivity index (χ0n) is 9.38. The zero-order chi connectivity index (χ0) is 14.2. The maximum Gasteiger partial charge on any atom is 0.345 e. The van der Waals surface area contributed by atoms with E-state index in [1.54, 1.807) is 6.92 Å². The highest BCUT2D eigenvalue weighted by atomic mass is 79.9. The third kappa shape index (κ3) is 3.14. The van der Waals surface area contributed by atoms with Crippen LogP contribution in [0.2, 0.25) is 0 Å². The molecule has 2 heterocycles. The van der Waals surface area contributed by atoms with E-state index in [4.69, 9.17) is 5.11 Å². The van der Waals surface area contributed by atoms with Crippen LogP contribution in [0, 0.1) is 6.92 Å². The number of halogens is 1. The number of carboxylic acid groups (broad SMARTS) is 1. The number of nitrogens with zero attached hydrogens (tertiary/aromatic N) is 1. The summed E-state index contributed by atoms with van der Waals surface area (Å²) in [6, 6.07) is 1.15. The lowest BCUT2D eigenvalue weighted by atomic mass is 10.4. The van der Waals surface area contributed by atoms with Crippen molar-refractivity contribution in [2.75, 3.05) is 4.72 Å². The van der Waals surface area contributed by atoms with Crippen molar-refractivity contribution in [2.24, 2.45) is 0 Å². The minimum atomic E-state index is -3.82. The summed E-state index contributed by atoms with van der Waals surface area (Å²) in [6.07, 6.45) is 1.48. The summed E-state index contributed by atoms with van der Waals surface area (Å²) in [5.41, 5.74) is 0. The molecular formula is C9H7BrN2O4S3. The molecule has 0 saturated carbocycles. The molecule has 2 aromatic rings. The number of rotatable bonds is 4. The van der Waals surface area contributed by atoms with Gasteiger partial charge in [0.2, 0.25) is 0 Å². The van der Waals surface area contributed by atoms with Crippen LogP contribution in [0.25, 0.3) is 0 Å². The number of sulfonamides is 1. The van der Waals surface area contributed by atoms with Crippen LogP contribution in [0.5, 0.6) is 0 Å². The maximum atomic E-state index is 12.1. The molecule has 0 aliphatic rings. The molecule has 0 unspecified atom stereocenters. The fourth-order valence-electron chi connectivity index (χ4n) is 1.31. The molecule has 0 spiro atoms. The quantitative estimate of drug-likeness (QED) is 0.847. The molecule has 0 saturated heterocycles. The van der Waals surface area contributed by atoms with Crippen molar-refractivity contribution in [1.29, 1.82) is 0 Å². The molecule has 2 rings (SSSR count). The third-order valence-corrected chi connectivity index (χ3v) is 6.23. The van der Waals surface area contributed by atoms with Gasteiger partial charge in [-0.1, -0.05) is 11.3 Å². The molecule has 0 bridgehead atoms. The Morgan fingerprint density at radius 1 is 1.47 bits per heavy atom. The predicted octanol–water partition coefficient (Wildman–Crippen LogP) is 2.77. The van der Waals surface area contributed by atoms with Crippen molar-refractivity contribution in [3.63, 3.8) is 0 Å². The Labute approximate surface area is 125 Å². The molecule has 2 aromatic heterocycles. The molecule has 0 fully saturated rings. The van der Waals surface area contributed by atoms with E-state index in [-0.39, 0.29) is 14.9 Å². The molecule has 10 heteroatoms. The van der Waals surface area contributed by atoms with Gasteiger partial charge in [-0.15, -0.1) is 11.3 Å². The highest BCUT2D eigenvalue weighted by Crippen LogP contribution is 2.29. The number of aromatic nitrogens is 1. The number of anilines is 1. The molecule has 0 aromatic carbocycles. The maximum absolute atomic E-state index is 12.1. The average molecular weight is 383 g/mol. The third-order valence-electron chi connectivity index (χ3n) is 2.07. The topological polar surface area (TPSA) is 96.4 Å². The zero-order valence-corrected chi connectivity index (χ0v) is 13.4. The highest BCUT2D eigenvalue weighted by molar-refractivity contribution is 9.11. The van der Waals surface area contributed by atoms with E-state index in [9.17, 15) is 13.2 Å². The van der Waals surface area contributed by atoms with Gasteiger partial charge in [0.1, 0.15) is 9.77 Å². The first-order valence-electron chi connectivity index (χ1n) is 4.77. The summed E-state index contributed by atoms with van der Waals surface area (Å²) in [5, 5.41) is 9.08. The number of carboxylic acids is 1. The molecule has 0 atom stereocenters. The normalized spacial score (nSPS) is 11.5. The van der Waals surface area contributed by atoms with Crippen LogP contribution < -0.4 is 4.72 Å². The number of thiophene rings is 1. The second-order valence-corrected chi connectivity index (χ2v) is 8.73. The van der Waals surface area contributed by atoms with Gasteiger partial charge in [-0.2, -0.15) is 0 Å². The van der Waals surface area contributed by atoms with Crippen LogP contribution in [0.15, 0.2) is 20.9 Å². The summed E-state index contributed by atoms with van der Waals surface area (Å²) < 4.78 is 27.2. The summed E-state index contributed by atoms with van der Waals surface area (Å²) in [7, 11) is -3.82. The van der Waals surface area contributed by atoms with Gasteiger partial charge < -0.3 is 5.11 Å². The molecule has 2 N–H and O–H groups in total. The Kier molecular flexibility index (Phi) is 3.95. The van der Waals surface area contributed by atoms with E-state index in [1.165, 1.54) is 6.20 Å². The Bertz CT molecular complexity index is 734. The second-order valence-electron chi connectivity index (χ2n) is 3.41. The minimum Gasteiger partial charge on any atom is -0.477 e. The first-order valence-corrected chi connectivity index (χ1v) is 8.68. The van der Waals surface area contributed by atoms with Crippen LogP contribution in [-0.4, -0.2) is 24.5 Å². The lowest BCUT2D eigenvalue weighted by molar-refractivity contribution is 0.0702. The number of thiazole rings is 1. The Morgan fingerprint density at radius 2 is 2.16 bits per heavy atom. The van der Waals surface area contributed by atoms with E-state index >= 15 is 0 Å². The van der Waals surface area contributed by atoms with E-state index in [1.807, 2.05) is 0 Å². The van der Waals surface area contributed by atoms with Crippen LogP contribution in [0.1, 0.15) is 14.5 Å². The SMILES string of the molecule is Cc1sc(C(=O)O)cc1S(=O)(=O)Nc1ncc(Br)s1. The Balaban J connectivity index is 2.37. The summed E-state index contributed by atoms with van der Waals surface area (Å²) in [6.45, 7) is 1.56. The fraction of sp³-hybridized carbons (Fsp3) is 0.111. The van der Waals surface area contributed by atoms with Crippen LogP contribution in [0.4, 0.5) is 5.13 Å². The molecule has 0 amide bonds. The van der Waals surface area contributed by atoms with E-state index in [0.29, 0.717) is 8.66 Å². The van der Waals surface area contributed by atoms with E-state index in [0.717, 1.165) is 28.7 Å². The lowest BCUT2D eigenvalue weighted by Gasteiger charge is -2.03. The molecule has 19 heavy (non-hydrogen) atoms. The second kappa shape index (κ2) is 5.19. The van der Waals surface area contributed by atoms with Crippen LogP contribution >= 0.6 is 38.6 Å². The van der Waals surface area contributed by atoms with E-state index in [2.05, 4.69) is 25.6 Å². The number of hydrogen-bond acceptors (Lipinski definition) is 6. The van der Waals surface area contributed by atoms with Crippen LogP contribution in [0.3, 0.4) is 0 Å². The van der Waals surface area contributed by atoms with E-state index < -0.39 is 16.0 Å². The van der Waals surface area contributed by atoms with Gasteiger partial charge in [0, 0.05) is 4.88 Å². The van der Waals surface area contributed by atoms with Gasteiger partial charge in [0.25, 0.3) is 10.0 Å². The average Bonchev–Trinajstić information content (AvgIpc) is 2.85. The van der Waals surface area contributed by atoms with Crippen LogP contribution in [-0.2, 0) is 10.0 Å². The smallest absolute Gasteiger partial charge is 0.345 e. The predicted molar refractivity (Wildman–Crippen MR) is 76.6 cm³/mol. The molecular weight excluding hydrogens is 376 g/mol. The van der Waals surface area contributed by atoms with Crippen molar-refractivity contribution in [3.8, 4) is 0 Å². The van der Waals surface area contributed by atoms with Gasteiger partial charge in [-0.3, -0.25) is 4.72 Å². The number of hydrogen-bond donors (Lipinski definition) is 2. The number of aromatic carboxylic acids is 1. The van der Waals surface area contributed by atoms with Crippen molar-refractivity contribution in [1.82, 2.24) is 4.98 Å². The van der Waals surface area contributed by atoms with Crippen molar-refractivity contribution >= 4 is 59.7 Å². The van der Waals surface area contributed by atoms with Gasteiger partial charge in [0.05, 0.1) is 9.98 Å². The Morgan fingerprint density at radius 3 is 2.63 bits per heavy atom. The summed E-state index contributed by atoms with van der Waals surface area (Å²) >= 11 is 5.23. The standard InChI is InChI=1S/C9H7BrN2O4S3/c1-4-6(2-5(17-4)8(13)14)19(15,16)12-9-11-3-7(10)18-9/h2-3H,1H3,(H,11,12)(H,13,14). The molecule has 0 aliphatic carbocycles. The van der Waals surface area contributed by atoms with Gasteiger partial charge in [-0.25, -0.2) is 18.2 Å². The summed E-state index contributed by atoms with van der Waals surface area (Å²) in [5.74, 6) is -1.15. The van der Waals surface area contributed by atoms with Gasteiger partial charge >= 0.3 is 5.97 Å². The van der Waals surface area contributed by atoms with Crippen molar-refractivity contribution in [2.45, 2.75) is 11.8 Å². The minimum absolute atomic E-state index is 0.0156. The lowest BCUT2D eigenvalue weighted by Crippen LogP contribution is -2.12. The molecule has 102 valence electrons. The molecule has 0 radical (unpaired) electrons. The van der Waals surface area contributed by atoms with Gasteiger partial charge in [-0.05, 0) is 28.9 Å². The first kappa shape index (κ1) is 14.4. The fourth-order valence-corrected chi connectivity index (χ4v) is 5.09. The van der Waals surface area contributed by atoms with Gasteiger partial charge in [0.15, 0.2) is 5.13 Å². The largest absolute Gasteiger partial charge is 0.477 e. The number of aryl methyl sites for hydroxylation is 1. The van der Waals surface area contributed by atoms with Crippen molar-refractivity contribution in [3.05, 3.63) is 25.8 Å². The number of carbonyl (C=O) groups is 1. The number of nitrogens with one attached hydrogen (secondary N) is 1. The monoisotopic (exact) mass is 382 g/mol. The molecule has 0 aliphatic heterocycles. The first-order chi connectivity index (χ1) is 8.79. The Hall–Kier alpha value is -0.970. The molecule has 6 nitrogen and oxygen atoms in total.